The van der Waals surface area contributed by atoms with E-state index in [0.29, 0.717) is 6.54 Å². The molecule has 2 atom stereocenters. The summed E-state index contributed by atoms with van der Waals surface area (Å²) in [6, 6.07) is 17.2. The summed E-state index contributed by atoms with van der Waals surface area (Å²) in [7, 11) is 0. The number of aromatic amines is 1. The Morgan fingerprint density at radius 3 is 2.52 bits per heavy atom. The highest BCUT2D eigenvalue weighted by Gasteiger charge is 2.38. The summed E-state index contributed by atoms with van der Waals surface area (Å²) in [6.07, 6.45) is 2.38. The standard InChI is InChI=1S/C28H36FN3O/c1-5-14-31-16-22(17-31)33-21-12-10-20(11-13-21)27-26-24(23-8-6-7-9-25(23)30-26)15-19(2)32(27)18-28(3,4)29/h6-13,19,22,27,30H,5,14-18H2,1-4H3/t19-,27-/m1/s1. The molecule has 5 rings (SSSR count). The topological polar surface area (TPSA) is 31.5 Å². The maximum Gasteiger partial charge on any atom is 0.124 e. The number of H-pyrrole nitrogens is 1. The second-order valence-corrected chi connectivity index (χ2v) is 10.5. The minimum atomic E-state index is -1.27. The van der Waals surface area contributed by atoms with Crippen LogP contribution in [-0.2, 0) is 6.42 Å². The van der Waals surface area contributed by atoms with Crippen molar-refractivity contribution in [2.45, 2.75) is 64.4 Å². The lowest BCUT2D eigenvalue weighted by Gasteiger charge is -2.43. The molecule has 1 saturated heterocycles. The quantitative estimate of drug-likeness (QED) is 0.500. The Bertz CT molecular complexity index is 1090. The average Bonchev–Trinajstić information content (AvgIpc) is 3.10. The lowest BCUT2D eigenvalue weighted by atomic mass is 9.87. The van der Waals surface area contributed by atoms with E-state index in [1.165, 1.54) is 28.6 Å². The molecule has 1 aromatic heterocycles. The summed E-state index contributed by atoms with van der Waals surface area (Å²) in [4.78, 5) is 8.43. The number of benzene rings is 2. The normalized spacial score (nSPS) is 22.3. The second kappa shape index (κ2) is 8.77. The van der Waals surface area contributed by atoms with E-state index in [-0.39, 0.29) is 18.2 Å². The zero-order valence-corrected chi connectivity index (χ0v) is 20.3. The highest BCUT2D eigenvalue weighted by atomic mass is 19.1. The van der Waals surface area contributed by atoms with Gasteiger partial charge in [-0.1, -0.05) is 37.3 Å². The number of nitrogens with zero attached hydrogens (tertiary/aromatic N) is 2. The number of hydrogen-bond donors (Lipinski definition) is 1. The Balaban J connectivity index is 1.45. The first-order valence-corrected chi connectivity index (χ1v) is 12.4. The summed E-state index contributed by atoms with van der Waals surface area (Å²) in [5.74, 6) is 0.915. The molecule has 3 aromatic rings. The van der Waals surface area contributed by atoms with E-state index in [2.05, 4.69) is 77.2 Å². The first kappa shape index (κ1) is 22.4. The molecule has 0 bridgehead atoms. The fraction of sp³-hybridized carbons (Fsp3) is 0.500. The van der Waals surface area contributed by atoms with Crippen LogP contribution in [0, 0.1) is 0 Å². The molecule has 2 aromatic carbocycles. The van der Waals surface area contributed by atoms with Crippen LogP contribution in [0.5, 0.6) is 5.75 Å². The zero-order valence-electron chi connectivity index (χ0n) is 20.3. The van der Waals surface area contributed by atoms with E-state index in [4.69, 9.17) is 4.74 Å². The molecule has 0 unspecified atom stereocenters. The van der Waals surface area contributed by atoms with Crippen molar-refractivity contribution in [3.63, 3.8) is 0 Å². The van der Waals surface area contributed by atoms with Gasteiger partial charge in [0.2, 0.25) is 0 Å². The van der Waals surface area contributed by atoms with Crippen LogP contribution in [0.25, 0.3) is 10.9 Å². The molecule has 2 aliphatic heterocycles. The summed E-state index contributed by atoms with van der Waals surface area (Å²) >= 11 is 0. The van der Waals surface area contributed by atoms with E-state index in [1.807, 2.05) is 0 Å². The fourth-order valence-electron chi connectivity index (χ4n) is 5.56. The monoisotopic (exact) mass is 449 g/mol. The van der Waals surface area contributed by atoms with Gasteiger partial charge in [0.25, 0.3) is 0 Å². The molecule has 0 saturated carbocycles. The molecule has 0 amide bonds. The summed E-state index contributed by atoms with van der Waals surface area (Å²) in [6.45, 7) is 11.3. The van der Waals surface area contributed by atoms with Crippen molar-refractivity contribution in [2.75, 3.05) is 26.2 Å². The van der Waals surface area contributed by atoms with Crippen molar-refractivity contribution in [2.24, 2.45) is 0 Å². The highest BCUT2D eigenvalue weighted by molar-refractivity contribution is 5.85. The largest absolute Gasteiger partial charge is 0.488 e. The zero-order chi connectivity index (χ0) is 23.2. The van der Waals surface area contributed by atoms with Gasteiger partial charge >= 0.3 is 0 Å². The third-order valence-corrected chi connectivity index (χ3v) is 7.04. The van der Waals surface area contributed by atoms with Gasteiger partial charge in [-0.2, -0.15) is 0 Å². The molecule has 5 heteroatoms. The smallest absolute Gasteiger partial charge is 0.124 e. The van der Waals surface area contributed by atoms with E-state index in [9.17, 15) is 4.39 Å². The number of likely N-dealkylation sites (tertiary alicyclic amines) is 1. The van der Waals surface area contributed by atoms with Crippen molar-refractivity contribution < 1.29 is 9.13 Å². The minimum Gasteiger partial charge on any atom is -0.488 e. The number of hydrogen-bond acceptors (Lipinski definition) is 3. The van der Waals surface area contributed by atoms with Gasteiger partial charge in [0, 0.05) is 42.3 Å². The number of aromatic nitrogens is 1. The number of rotatable bonds is 7. The molecule has 1 fully saturated rings. The van der Waals surface area contributed by atoms with Gasteiger partial charge in [-0.05, 0) is 69.5 Å². The molecule has 0 radical (unpaired) electrons. The van der Waals surface area contributed by atoms with Crippen LogP contribution in [0.4, 0.5) is 4.39 Å². The lowest BCUT2D eigenvalue weighted by molar-refractivity contribution is 0.0202. The Kier molecular flexibility index (Phi) is 5.96. The van der Waals surface area contributed by atoms with Crippen molar-refractivity contribution >= 4 is 10.9 Å². The number of fused-ring (bicyclic) bond motifs is 3. The molecule has 33 heavy (non-hydrogen) atoms. The van der Waals surface area contributed by atoms with Crippen molar-refractivity contribution in [3.8, 4) is 5.75 Å². The highest BCUT2D eigenvalue weighted by Crippen LogP contribution is 2.42. The summed E-state index contributed by atoms with van der Waals surface area (Å²) in [5.41, 5.74) is 3.62. The number of para-hydroxylation sites is 1. The van der Waals surface area contributed by atoms with Gasteiger partial charge in [0.15, 0.2) is 0 Å². The minimum absolute atomic E-state index is 0.0102. The SMILES string of the molecule is CCCN1CC(Oc2ccc([C@@H]3c4[nH]c5ccccc5c4C[C@@H](C)N3CC(C)(C)F)cc2)C1. The molecular formula is C28H36FN3O. The number of alkyl halides is 1. The van der Waals surface area contributed by atoms with Crippen LogP contribution >= 0.6 is 0 Å². The van der Waals surface area contributed by atoms with Gasteiger partial charge in [0.1, 0.15) is 17.5 Å². The maximum absolute atomic E-state index is 14.9. The van der Waals surface area contributed by atoms with E-state index >= 15 is 0 Å². The van der Waals surface area contributed by atoms with Gasteiger partial charge < -0.3 is 9.72 Å². The summed E-state index contributed by atoms with van der Waals surface area (Å²) in [5, 5.41) is 1.28. The lowest BCUT2D eigenvalue weighted by Crippen LogP contribution is -2.53. The Labute approximate surface area is 196 Å². The van der Waals surface area contributed by atoms with E-state index < -0.39 is 5.67 Å². The molecule has 3 heterocycles. The Hall–Kier alpha value is -2.37. The molecule has 1 N–H and O–H groups in total. The third-order valence-electron chi connectivity index (χ3n) is 7.04. The first-order valence-electron chi connectivity index (χ1n) is 12.4. The second-order valence-electron chi connectivity index (χ2n) is 10.5. The third kappa shape index (κ3) is 4.53. The van der Waals surface area contributed by atoms with Crippen LogP contribution < -0.4 is 4.74 Å². The molecular weight excluding hydrogens is 413 g/mol. The van der Waals surface area contributed by atoms with Crippen LogP contribution in [-0.4, -0.2) is 58.8 Å². The van der Waals surface area contributed by atoms with Crippen LogP contribution in [0.3, 0.4) is 0 Å². The summed E-state index contributed by atoms with van der Waals surface area (Å²) < 4.78 is 21.1. The Morgan fingerprint density at radius 2 is 1.82 bits per heavy atom. The molecule has 4 nitrogen and oxygen atoms in total. The van der Waals surface area contributed by atoms with Crippen molar-refractivity contribution in [1.82, 2.24) is 14.8 Å². The predicted molar refractivity (Wildman–Crippen MR) is 133 cm³/mol. The average molecular weight is 450 g/mol. The van der Waals surface area contributed by atoms with E-state index in [1.54, 1.807) is 13.8 Å². The van der Waals surface area contributed by atoms with Crippen LogP contribution in [0.2, 0.25) is 0 Å². The predicted octanol–water partition coefficient (Wildman–Crippen LogP) is 5.73. The van der Waals surface area contributed by atoms with Crippen LogP contribution in [0.1, 0.15) is 57.0 Å². The molecule has 0 spiro atoms. The molecule has 176 valence electrons. The first-order chi connectivity index (χ1) is 15.8. The number of ether oxygens (including phenoxy) is 1. The Morgan fingerprint density at radius 1 is 1.09 bits per heavy atom. The van der Waals surface area contributed by atoms with Gasteiger partial charge in [-0.3, -0.25) is 9.80 Å². The van der Waals surface area contributed by atoms with Gasteiger partial charge in [-0.25, -0.2) is 4.39 Å². The molecule has 2 aliphatic rings. The van der Waals surface area contributed by atoms with Crippen molar-refractivity contribution in [3.05, 3.63) is 65.4 Å². The molecule has 0 aliphatic carbocycles. The number of halogens is 1. The van der Waals surface area contributed by atoms with Gasteiger partial charge in [0.05, 0.1) is 6.04 Å². The fourth-order valence-corrected chi connectivity index (χ4v) is 5.56. The maximum atomic E-state index is 14.9. The van der Waals surface area contributed by atoms with Crippen LogP contribution in [0.15, 0.2) is 48.5 Å². The van der Waals surface area contributed by atoms with Crippen molar-refractivity contribution in [1.29, 1.82) is 0 Å². The van der Waals surface area contributed by atoms with E-state index in [0.717, 1.165) is 37.3 Å². The number of nitrogens with one attached hydrogen (secondary N) is 1. The van der Waals surface area contributed by atoms with Gasteiger partial charge in [-0.15, -0.1) is 0 Å².